The molecule has 5 heteroatoms. The van der Waals surface area contributed by atoms with E-state index in [1.54, 1.807) is 13.4 Å². The van der Waals surface area contributed by atoms with E-state index in [0.29, 0.717) is 6.04 Å². The van der Waals surface area contributed by atoms with Crippen molar-refractivity contribution in [1.82, 2.24) is 20.1 Å². The zero-order chi connectivity index (χ0) is 10.5. The van der Waals surface area contributed by atoms with E-state index in [-0.39, 0.29) is 0 Å². The van der Waals surface area contributed by atoms with Crippen molar-refractivity contribution in [2.45, 2.75) is 38.4 Å². The van der Waals surface area contributed by atoms with Gasteiger partial charge in [-0.25, -0.2) is 4.98 Å². The molecule has 0 aromatic carbocycles. The molecule has 1 aliphatic rings. The minimum absolute atomic E-state index is 0.713. The molecule has 1 N–H and O–H groups in total. The van der Waals surface area contributed by atoms with Gasteiger partial charge in [0, 0.05) is 26.3 Å². The molecule has 0 amide bonds. The summed E-state index contributed by atoms with van der Waals surface area (Å²) in [5.74, 6) is 0.888. The molecule has 1 aliphatic carbocycles. The van der Waals surface area contributed by atoms with Gasteiger partial charge in [0.15, 0.2) is 5.82 Å². The van der Waals surface area contributed by atoms with Crippen molar-refractivity contribution in [1.29, 1.82) is 0 Å². The molecule has 2 rings (SSSR count). The second kappa shape index (κ2) is 5.23. The predicted molar refractivity (Wildman–Crippen MR) is 56.4 cm³/mol. The lowest BCUT2D eigenvalue weighted by Gasteiger charge is -1.99. The van der Waals surface area contributed by atoms with Crippen molar-refractivity contribution in [2.75, 3.05) is 13.7 Å². The van der Waals surface area contributed by atoms with Gasteiger partial charge in [0.05, 0.1) is 6.54 Å². The molecule has 1 fully saturated rings. The average molecular weight is 210 g/mol. The van der Waals surface area contributed by atoms with Crippen LogP contribution in [0.3, 0.4) is 0 Å². The summed E-state index contributed by atoms with van der Waals surface area (Å²) in [5, 5.41) is 7.76. The van der Waals surface area contributed by atoms with E-state index in [1.807, 2.05) is 4.68 Å². The number of methoxy groups -OCH3 is 1. The standard InChI is InChI=1S/C10H18N4O/c1-15-6-2-5-14-8-12-10(13-14)7-11-9-3-4-9/h8-9,11H,2-7H2,1H3. The zero-order valence-electron chi connectivity index (χ0n) is 9.15. The molecule has 0 saturated heterocycles. The molecule has 1 aromatic heterocycles. The smallest absolute Gasteiger partial charge is 0.164 e. The Hall–Kier alpha value is -0.940. The molecule has 1 saturated carbocycles. The van der Waals surface area contributed by atoms with Crippen LogP contribution in [0.2, 0.25) is 0 Å². The third-order valence-electron chi connectivity index (χ3n) is 2.45. The fourth-order valence-corrected chi connectivity index (χ4v) is 1.42. The van der Waals surface area contributed by atoms with Gasteiger partial charge in [0.2, 0.25) is 0 Å². The first-order valence-electron chi connectivity index (χ1n) is 5.49. The van der Waals surface area contributed by atoms with E-state index in [9.17, 15) is 0 Å². The highest BCUT2D eigenvalue weighted by atomic mass is 16.5. The first kappa shape index (κ1) is 10.6. The molecule has 0 radical (unpaired) electrons. The van der Waals surface area contributed by atoms with E-state index in [0.717, 1.165) is 31.9 Å². The monoisotopic (exact) mass is 210 g/mol. The molecule has 0 aliphatic heterocycles. The second-order valence-electron chi connectivity index (χ2n) is 3.93. The van der Waals surface area contributed by atoms with Crippen molar-refractivity contribution in [3.8, 4) is 0 Å². The Labute approximate surface area is 89.8 Å². The highest BCUT2D eigenvalue weighted by molar-refractivity contribution is 4.86. The highest BCUT2D eigenvalue weighted by Crippen LogP contribution is 2.18. The van der Waals surface area contributed by atoms with Crippen molar-refractivity contribution >= 4 is 0 Å². The summed E-state index contributed by atoms with van der Waals surface area (Å²) in [6.45, 7) is 2.45. The summed E-state index contributed by atoms with van der Waals surface area (Å²) < 4.78 is 6.86. The van der Waals surface area contributed by atoms with Crippen LogP contribution in [0.5, 0.6) is 0 Å². The van der Waals surface area contributed by atoms with Gasteiger partial charge in [-0.05, 0) is 19.3 Å². The van der Waals surface area contributed by atoms with Gasteiger partial charge in [0.25, 0.3) is 0 Å². The number of nitrogens with one attached hydrogen (secondary N) is 1. The van der Waals surface area contributed by atoms with Crippen LogP contribution in [-0.2, 0) is 17.8 Å². The number of rotatable bonds is 7. The van der Waals surface area contributed by atoms with Crippen molar-refractivity contribution in [3.05, 3.63) is 12.2 Å². The Morgan fingerprint density at radius 2 is 2.47 bits per heavy atom. The summed E-state index contributed by atoms with van der Waals surface area (Å²) in [7, 11) is 1.71. The van der Waals surface area contributed by atoms with Gasteiger partial charge >= 0.3 is 0 Å². The Balaban J connectivity index is 1.70. The molecular weight excluding hydrogens is 192 g/mol. The first-order chi connectivity index (χ1) is 7.38. The molecule has 0 unspecified atom stereocenters. The van der Waals surface area contributed by atoms with Crippen LogP contribution in [0, 0.1) is 0 Å². The van der Waals surface area contributed by atoms with Gasteiger partial charge in [-0.1, -0.05) is 0 Å². The largest absolute Gasteiger partial charge is 0.385 e. The summed E-state index contributed by atoms with van der Waals surface area (Å²) in [6.07, 6.45) is 5.37. The van der Waals surface area contributed by atoms with Gasteiger partial charge in [0.1, 0.15) is 6.33 Å². The Morgan fingerprint density at radius 3 is 3.20 bits per heavy atom. The van der Waals surface area contributed by atoms with Crippen LogP contribution in [0.1, 0.15) is 25.1 Å². The van der Waals surface area contributed by atoms with Crippen molar-refractivity contribution in [3.63, 3.8) is 0 Å². The number of nitrogens with zero attached hydrogens (tertiary/aromatic N) is 3. The molecule has 0 bridgehead atoms. The normalized spacial score (nSPS) is 15.8. The van der Waals surface area contributed by atoms with Crippen molar-refractivity contribution < 1.29 is 4.74 Å². The van der Waals surface area contributed by atoms with Gasteiger partial charge in [-0.3, -0.25) is 4.68 Å². The summed E-state index contributed by atoms with van der Waals surface area (Å²) in [5.41, 5.74) is 0. The maximum absolute atomic E-state index is 4.98. The minimum Gasteiger partial charge on any atom is -0.385 e. The number of aryl methyl sites for hydroxylation is 1. The molecule has 1 aromatic rings. The van der Waals surface area contributed by atoms with E-state index < -0.39 is 0 Å². The van der Waals surface area contributed by atoms with Gasteiger partial charge < -0.3 is 10.1 Å². The van der Waals surface area contributed by atoms with E-state index in [1.165, 1.54) is 12.8 Å². The Morgan fingerprint density at radius 1 is 1.60 bits per heavy atom. The molecule has 15 heavy (non-hydrogen) atoms. The van der Waals surface area contributed by atoms with Crippen LogP contribution in [0.15, 0.2) is 6.33 Å². The Bertz CT molecular complexity index is 295. The van der Waals surface area contributed by atoms with Crippen LogP contribution < -0.4 is 5.32 Å². The number of aromatic nitrogens is 3. The predicted octanol–water partition coefficient (Wildman–Crippen LogP) is 0.567. The minimum atomic E-state index is 0.713. The zero-order valence-corrected chi connectivity index (χ0v) is 9.15. The summed E-state index contributed by atoms with van der Waals surface area (Å²) in [4.78, 5) is 4.24. The number of hydrogen-bond acceptors (Lipinski definition) is 4. The van der Waals surface area contributed by atoms with E-state index >= 15 is 0 Å². The molecule has 84 valence electrons. The molecular formula is C10H18N4O. The van der Waals surface area contributed by atoms with Crippen LogP contribution in [-0.4, -0.2) is 34.5 Å². The lowest BCUT2D eigenvalue weighted by Crippen LogP contribution is -2.16. The van der Waals surface area contributed by atoms with Crippen LogP contribution in [0.4, 0.5) is 0 Å². The third kappa shape index (κ3) is 3.60. The topological polar surface area (TPSA) is 52.0 Å². The first-order valence-corrected chi connectivity index (χ1v) is 5.49. The maximum atomic E-state index is 4.98. The highest BCUT2D eigenvalue weighted by Gasteiger charge is 2.20. The summed E-state index contributed by atoms with van der Waals surface area (Å²) >= 11 is 0. The molecule has 0 atom stereocenters. The number of hydrogen-bond donors (Lipinski definition) is 1. The van der Waals surface area contributed by atoms with Gasteiger partial charge in [-0.15, -0.1) is 0 Å². The van der Waals surface area contributed by atoms with Crippen LogP contribution in [0.25, 0.3) is 0 Å². The quantitative estimate of drug-likeness (QED) is 0.668. The van der Waals surface area contributed by atoms with Gasteiger partial charge in [-0.2, -0.15) is 5.10 Å². The third-order valence-corrected chi connectivity index (χ3v) is 2.45. The van der Waals surface area contributed by atoms with E-state index in [4.69, 9.17) is 4.74 Å². The average Bonchev–Trinajstić information content (AvgIpc) is 2.97. The van der Waals surface area contributed by atoms with Crippen molar-refractivity contribution in [2.24, 2.45) is 0 Å². The molecule has 0 spiro atoms. The number of ether oxygens (including phenoxy) is 1. The second-order valence-corrected chi connectivity index (χ2v) is 3.93. The molecule has 5 nitrogen and oxygen atoms in total. The van der Waals surface area contributed by atoms with Crippen LogP contribution >= 0.6 is 0 Å². The maximum Gasteiger partial charge on any atom is 0.164 e. The summed E-state index contributed by atoms with van der Waals surface area (Å²) in [6, 6.07) is 0.713. The SMILES string of the molecule is COCCCn1cnc(CNC2CC2)n1. The fraction of sp³-hybridized carbons (Fsp3) is 0.800. The van der Waals surface area contributed by atoms with E-state index in [2.05, 4.69) is 15.4 Å². The lowest BCUT2D eigenvalue weighted by atomic mass is 10.5. The Kier molecular flexibility index (Phi) is 3.69. The fourth-order valence-electron chi connectivity index (χ4n) is 1.42. The lowest BCUT2D eigenvalue weighted by molar-refractivity contribution is 0.189. The molecule has 1 heterocycles.